The minimum Gasteiger partial charge on any atom is -0.306 e. The highest BCUT2D eigenvalue weighted by molar-refractivity contribution is 4.84. The zero-order valence-electron chi connectivity index (χ0n) is 13.9. The topological polar surface area (TPSA) is 9.72 Å². The van der Waals surface area contributed by atoms with Gasteiger partial charge in [-0.25, -0.2) is 0 Å². The summed E-state index contributed by atoms with van der Waals surface area (Å²) in [5, 5.41) is 0. The molecule has 2 fully saturated rings. The molecule has 1 atom stereocenters. The van der Waals surface area contributed by atoms with Crippen molar-refractivity contribution >= 4 is 0 Å². The summed E-state index contributed by atoms with van der Waals surface area (Å²) >= 11 is 0. The van der Waals surface area contributed by atoms with Crippen molar-refractivity contribution in [1.82, 2.24) is 14.7 Å². The number of likely N-dealkylation sites (N-methyl/N-ethyl adjacent to an activating group) is 1. The van der Waals surface area contributed by atoms with Crippen LogP contribution in [-0.2, 0) is 0 Å². The van der Waals surface area contributed by atoms with E-state index in [1.54, 1.807) is 0 Å². The van der Waals surface area contributed by atoms with E-state index in [0.717, 1.165) is 12.1 Å². The molecule has 0 aromatic heterocycles. The smallest absolute Gasteiger partial charge is 0.0192 e. The van der Waals surface area contributed by atoms with Gasteiger partial charge < -0.3 is 9.80 Å². The summed E-state index contributed by atoms with van der Waals surface area (Å²) in [6, 6.07) is 1.59. The number of piperidine rings is 1. The Morgan fingerprint density at radius 2 is 1.47 bits per heavy atom. The van der Waals surface area contributed by atoms with Crippen molar-refractivity contribution < 1.29 is 0 Å². The van der Waals surface area contributed by atoms with E-state index in [4.69, 9.17) is 0 Å². The molecule has 0 bridgehead atoms. The van der Waals surface area contributed by atoms with Crippen LogP contribution in [0.5, 0.6) is 0 Å². The van der Waals surface area contributed by atoms with Gasteiger partial charge in [0.05, 0.1) is 0 Å². The van der Waals surface area contributed by atoms with Gasteiger partial charge in [-0.05, 0) is 47.0 Å². The standard InChI is InChI=1S/C12H25N3.C4H10/c1-11-10-15(9-8-14(11)3)12-4-6-13(2)7-5-12;1-3-4-2/h11-12H,4-10H2,1-3H3;3-4H2,1-2H3/t11-;/m0./s1. The molecule has 2 aliphatic heterocycles. The van der Waals surface area contributed by atoms with E-state index in [0.29, 0.717) is 0 Å². The Balaban J connectivity index is 0.000000399. The Morgan fingerprint density at radius 3 is 1.95 bits per heavy atom. The van der Waals surface area contributed by atoms with Gasteiger partial charge in [-0.3, -0.25) is 4.90 Å². The highest BCUT2D eigenvalue weighted by Crippen LogP contribution is 2.18. The van der Waals surface area contributed by atoms with Crippen molar-refractivity contribution in [3.63, 3.8) is 0 Å². The van der Waals surface area contributed by atoms with E-state index >= 15 is 0 Å². The summed E-state index contributed by atoms with van der Waals surface area (Å²) in [5.74, 6) is 0. The molecule has 19 heavy (non-hydrogen) atoms. The molecule has 0 unspecified atom stereocenters. The maximum absolute atomic E-state index is 2.72. The summed E-state index contributed by atoms with van der Waals surface area (Å²) in [6.07, 6.45) is 5.37. The Hall–Kier alpha value is -0.120. The third-order valence-electron chi connectivity index (χ3n) is 4.70. The number of rotatable bonds is 2. The molecule has 2 aliphatic rings. The zero-order valence-corrected chi connectivity index (χ0v) is 13.9. The van der Waals surface area contributed by atoms with Crippen molar-refractivity contribution in [2.75, 3.05) is 46.8 Å². The van der Waals surface area contributed by atoms with Crippen LogP contribution in [0.15, 0.2) is 0 Å². The Kier molecular flexibility index (Phi) is 7.96. The SMILES string of the molecule is CCCC.C[C@H]1CN(C2CCN(C)CC2)CCN1C. The third-order valence-corrected chi connectivity index (χ3v) is 4.70. The Labute approximate surface area is 120 Å². The quantitative estimate of drug-likeness (QED) is 0.763. The lowest BCUT2D eigenvalue weighted by Crippen LogP contribution is -2.55. The first-order valence-electron chi connectivity index (χ1n) is 8.21. The molecule has 0 amide bonds. The maximum atomic E-state index is 2.72. The van der Waals surface area contributed by atoms with Gasteiger partial charge in [0.1, 0.15) is 0 Å². The number of unbranched alkanes of at least 4 members (excludes halogenated alkanes) is 1. The molecule has 0 spiro atoms. The molecule has 2 saturated heterocycles. The van der Waals surface area contributed by atoms with Gasteiger partial charge in [0.15, 0.2) is 0 Å². The fourth-order valence-electron chi connectivity index (χ4n) is 2.77. The highest BCUT2D eigenvalue weighted by atomic mass is 15.3. The van der Waals surface area contributed by atoms with Gasteiger partial charge >= 0.3 is 0 Å². The summed E-state index contributed by atoms with van der Waals surface area (Å²) in [4.78, 5) is 7.65. The second-order valence-electron chi connectivity index (χ2n) is 6.36. The molecule has 2 rings (SSSR count). The van der Waals surface area contributed by atoms with Crippen LogP contribution >= 0.6 is 0 Å². The molecule has 2 heterocycles. The molecule has 114 valence electrons. The molecule has 3 heteroatoms. The second kappa shape index (κ2) is 8.93. The van der Waals surface area contributed by atoms with Crippen LogP contribution in [0, 0.1) is 0 Å². The fraction of sp³-hybridized carbons (Fsp3) is 1.00. The average Bonchev–Trinajstić information content (AvgIpc) is 2.43. The van der Waals surface area contributed by atoms with E-state index < -0.39 is 0 Å². The number of likely N-dealkylation sites (tertiary alicyclic amines) is 1. The maximum Gasteiger partial charge on any atom is 0.0192 e. The van der Waals surface area contributed by atoms with Crippen LogP contribution in [-0.4, -0.2) is 73.6 Å². The molecule has 3 nitrogen and oxygen atoms in total. The van der Waals surface area contributed by atoms with Crippen LogP contribution in [0.4, 0.5) is 0 Å². The lowest BCUT2D eigenvalue weighted by atomic mass is 10.0. The van der Waals surface area contributed by atoms with Crippen molar-refractivity contribution in [1.29, 1.82) is 0 Å². The number of nitrogens with zero attached hydrogens (tertiary/aromatic N) is 3. The van der Waals surface area contributed by atoms with Crippen LogP contribution in [0.1, 0.15) is 46.5 Å². The first-order chi connectivity index (χ1) is 9.08. The first-order valence-corrected chi connectivity index (χ1v) is 8.21. The van der Waals surface area contributed by atoms with Gasteiger partial charge in [0, 0.05) is 31.7 Å². The van der Waals surface area contributed by atoms with Gasteiger partial charge in [0.25, 0.3) is 0 Å². The van der Waals surface area contributed by atoms with Gasteiger partial charge in [-0.2, -0.15) is 0 Å². The summed E-state index contributed by atoms with van der Waals surface area (Å²) in [7, 11) is 4.49. The molecule has 0 saturated carbocycles. The van der Waals surface area contributed by atoms with E-state index in [1.165, 1.54) is 58.4 Å². The van der Waals surface area contributed by atoms with Gasteiger partial charge in [-0.15, -0.1) is 0 Å². The molecular formula is C16H35N3. The van der Waals surface area contributed by atoms with Crippen molar-refractivity contribution in [2.45, 2.75) is 58.5 Å². The minimum atomic E-state index is 0.735. The number of piperazine rings is 1. The third kappa shape index (κ3) is 5.80. The largest absolute Gasteiger partial charge is 0.306 e. The Morgan fingerprint density at radius 1 is 0.895 bits per heavy atom. The van der Waals surface area contributed by atoms with Crippen molar-refractivity contribution in [3.8, 4) is 0 Å². The van der Waals surface area contributed by atoms with Crippen LogP contribution in [0.2, 0.25) is 0 Å². The molecule has 0 aliphatic carbocycles. The monoisotopic (exact) mass is 269 g/mol. The van der Waals surface area contributed by atoms with E-state index in [9.17, 15) is 0 Å². The predicted molar refractivity (Wildman–Crippen MR) is 84.8 cm³/mol. The second-order valence-corrected chi connectivity index (χ2v) is 6.36. The van der Waals surface area contributed by atoms with Crippen LogP contribution in [0.25, 0.3) is 0 Å². The normalized spacial score (nSPS) is 27.9. The van der Waals surface area contributed by atoms with E-state index in [-0.39, 0.29) is 0 Å². The van der Waals surface area contributed by atoms with E-state index in [2.05, 4.69) is 49.6 Å². The molecule has 0 aromatic carbocycles. The predicted octanol–water partition coefficient (Wildman–Crippen LogP) is 2.52. The lowest BCUT2D eigenvalue weighted by molar-refractivity contribution is 0.0463. The van der Waals surface area contributed by atoms with Gasteiger partial charge in [-0.1, -0.05) is 26.7 Å². The van der Waals surface area contributed by atoms with Crippen LogP contribution < -0.4 is 0 Å². The van der Waals surface area contributed by atoms with Crippen LogP contribution in [0.3, 0.4) is 0 Å². The summed E-state index contributed by atoms with van der Waals surface area (Å²) in [6.45, 7) is 13.1. The zero-order chi connectivity index (χ0) is 14.3. The average molecular weight is 269 g/mol. The molecular weight excluding hydrogens is 234 g/mol. The molecule has 0 aromatic rings. The number of hydrogen-bond donors (Lipinski definition) is 0. The lowest BCUT2D eigenvalue weighted by Gasteiger charge is -2.44. The molecule has 0 radical (unpaired) electrons. The highest BCUT2D eigenvalue weighted by Gasteiger charge is 2.28. The molecule has 0 N–H and O–H groups in total. The van der Waals surface area contributed by atoms with Crippen molar-refractivity contribution in [3.05, 3.63) is 0 Å². The Bertz CT molecular complexity index is 222. The summed E-state index contributed by atoms with van der Waals surface area (Å²) < 4.78 is 0. The summed E-state index contributed by atoms with van der Waals surface area (Å²) in [5.41, 5.74) is 0. The fourth-order valence-corrected chi connectivity index (χ4v) is 2.77. The van der Waals surface area contributed by atoms with Gasteiger partial charge in [0.2, 0.25) is 0 Å². The first kappa shape index (κ1) is 16.9. The van der Waals surface area contributed by atoms with Crippen molar-refractivity contribution in [2.24, 2.45) is 0 Å². The minimum absolute atomic E-state index is 0.735. The van der Waals surface area contributed by atoms with E-state index in [1.807, 2.05) is 0 Å². The number of hydrogen-bond acceptors (Lipinski definition) is 3.